The summed E-state index contributed by atoms with van der Waals surface area (Å²) in [7, 11) is 0. The van der Waals surface area contributed by atoms with E-state index in [1.807, 2.05) is 20.8 Å². The van der Waals surface area contributed by atoms with Crippen molar-refractivity contribution in [2.24, 2.45) is 0 Å². The summed E-state index contributed by atoms with van der Waals surface area (Å²) in [4.78, 5) is 0. The van der Waals surface area contributed by atoms with Crippen LogP contribution in [0.2, 0.25) is 0 Å². The third kappa shape index (κ3) is 2.38. The first-order valence-corrected chi connectivity index (χ1v) is 4.92. The molecular weight excluding hydrogens is 191 g/mol. The Morgan fingerprint density at radius 2 is 1.87 bits per heavy atom. The smallest absolute Gasteiger partial charge is 0.134 e. The lowest BCUT2D eigenvalue weighted by molar-refractivity contribution is 0.441. The van der Waals surface area contributed by atoms with Crippen molar-refractivity contribution in [2.45, 2.75) is 33.1 Å². The van der Waals surface area contributed by atoms with Crippen LogP contribution in [0.25, 0.3) is 5.57 Å². The van der Waals surface area contributed by atoms with Crippen molar-refractivity contribution in [3.8, 4) is 5.75 Å². The zero-order valence-corrected chi connectivity index (χ0v) is 9.69. The van der Waals surface area contributed by atoms with E-state index < -0.39 is 5.82 Å². The quantitative estimate of drug-likeness (QED) is 0.743. The van der Waals surface area contributed by atoms with E-state index in [4.69, 9.17) is 0 Å². The fourth-order valence-corrected chi connectivity index (χ4v) is 1.49. The number of benzene rings is 1. The van der Waals surface area contributed by atoms with Gasteiger partial charge in [-0.3, -0.25) is 0 Å². The van der Waals surface area contributed by atoms with Crippen LogP contribution in [0.4, 0.5) is 4.39 Å². The lowest BCUT2D eigenvalue weighted by atomic mass is 9.84. The van der Waals surface area contributed by atoms with Gasteiger partial charge < -0.3 is 5.11 Å². The molecule has 1 aromatic rings. The summed E-state index contributed by atoms with van der Waals surface area (Å²) in [5.41, 5.74) is 1.67. The molecule has 0 saturated carbocycles. The van der Waals surface area contributed by atoms with Crippen LogP contribution in [0.3, 0.4) is 0 Å². The summed E-state index contributed by atoms with van der Waals surface area (Å²) in [6.07, 6.45) is 0. The molecular formula is C13H17FO. The molecule has 0 aromatic heterocycles. The maximum absolute atomic E-state index is 13.4. The van der Waals surface area contributed by atoms with Crippen LogP contribution in [0.5, 0.6) is 5.75 Å². The van der Waals surface area contributed by atoms with Crippen LogP contribution in [0.15, 0.2) is 18.7 Å². The summed E-state index contributed by atoms with van der Waals surface area (Å²) in [5, 5.41) is 9.66. The van der Waals surface area contributed by atoms with E-state index in [0.29, 0.717) is 11.1 Å². The van der Waals surface area contributed by atoms with Gasteiger partial charge in [0, 0.05) is 17.2 Å². The first-order chi connectivity index (χ1) is 6.73. The zero-order chi connectivity index (χ0) is 11.8. The van der Waals surface area contributed by atoms with Crippen LogP contribution in [-0.2, 0) is 5.41 Å². The van der Waals surface area contributed by atoms with E-state index in [-0.39, 0.29) is 11.2 Å². The third-order valence-electron chi connectivity index (χ3n) is 2.35. The number of rotatable bonds is 1. The molecule has 0 fully saturated rings. The van der Waals surface area contributed by atoms with Crippen LogP contribution < -0.4 is 0 Å². The Balaban J connectivity index is 3.43. The van der Waals surface area contributed by atoms with Gasteiger partial charge in [0.25, 0.3) is 0 Å². The highest BCUT2D eigenvalue weighted by molar-refractivity contribution is 5.64. The fraction of sp³-hybridized carbons (Fsp3) is 0.385. The fourth-order valence-electron chi connectivity index (χ4n) is 1.49. The molecule has 0 spiro atoms. The summed E-state index contributed by atoms with van der Waals surface area (Å²) in [6.45, 7) is 11.4. The van der Waals surface area contributed by atoms with Gasteiger partial charge in [0.15, 0.2) is 0 Å². The molecule has 0 amide bonds. The average Bonchev–Trinajstić information content (AvgIpc) is 2.00. The van der Waals surface area contributed by atoms with Crippen molar-refractivity contribution >= 4 is 5.57 Å². The Morgan fingerprint density at radius 3 is 2.27 bits per heavy atom. The molecule has 0 bridgehead atoms. The molecule has 1 aromatic carbocycles. The van der Waals surface area contributed by atoms with Crippen molar-refractivity contribution in [1.82, 2.24) is 0 Å². The topological polar surface area (TPSA) is 20.2 Å². The first-order valence-electron chi connectivity index (χ1n) is 4.92. The van der Waals surface area contributed by atoms with Gasteiger partial charge in [0.2, 0.25) is 0 Å². The Labute approximate surface area is 90.3 Å². The van der Waals surface area contributed by atoms with E-state index >= 15 is 0 Å². The van der Waals surface area contributed by atoms with E-state index in [1.54, 1.807) is 13.0 Å². The highest BCUT2D eigenvalue weighted by Gasteiger charge is 2.20. The molecule has 0 aliphatic heterocycles. The number of allylic oxidation sites excluding steroid dienone is 1. The number of hydrogen-bond donors (Lipinski definition) is 1. The summed E-state index contributed by atoms with van der Waals surface area (Å²) < 4.78 is 13.4. The zero-order valence-electron chi connectivity index (χ0n) is 9.69. The Hall–Kier alpha value is -1.31. The number of aromatic hydroxyl groups is 1. The average molecular weight is 208 g/mol. The number of phenols is 1. The van der Waals surface area contributed by atoms with Gasteiger partial charge in [-0.15, -0.1) is 0 Å². The Morgan fingerprint density at radius 1 is 1.33 bits per heavy atom. The maximum Gasteiger partial charge on any atom is 0.134 e. The van der Waals surface area contributed by atoms with E-state index in [9.17, 15) is 9.50 Å². The molecule has 0 saturated heterocycles. The van der Waals surface area contributed by atoms with Gasteiger partial charge in [0.1, 0.15) is 11.6 Å². The molecule has 0 radical (unpaired) electrons. The molecule has 0 aliphatic carbocycles. The molecule has 0 heterocycles. The van der Waals surface area contributed by atoms with Gasteiger partial charge in [-0.1, -0.05) is 27.4 Å². The summed E-state index contributed by atoms with van der Waals surface area (Å²) >= 11 is 0. The Bertz CT molecular complexity index is 400. The van der Waals surface area contributed by atoms with Gasteiger partial charge in [0.05, 0.1) is 0 Å². The van der Waals surface area contributed by atoms with Gasteiger partial charge >= 0.3 is 0 Å². The minimum Gasteiger partial charge on any atom is -0.508 e. The monoisotopic (exact) mass is 208 g/mol. The molecule has 0 aliphatic rings. The molecule has 2 heteroatoms. The molecule has 15 heavy (non-hydrogen) atoms. The molecule has 82 valence electrons. The SMILES string of the molecule is C=C(C)c1cc(C(C)(C)C)c(O)cc1F. The summed E-state index contributed by atoms with van der Waals surface area (Å²) in [6, 6.07) is 2.83. The summed E-state index contributed by atoms with van der Waals surface area (Å²) in [5.74, 6) is -0.419. The number of halogens is 1. The second-order valence-electron chi connectivity index (χ2n) is 4.88. The maximum atomic E-state index is 13.4. The highest BCUT2D eigenvalue weighted by atomic mass is 19.1. The normalized spacial score (nSPS) is 11.5. The lowest BCUT2D eigenvalue weighted by Gasteiger charge is -2.21. The van der Waals surface area contributed by atoms with Crippen molar-refractivity contribution in [1.29, 1.82) is 0 Å². The van der Waals surface area contributed by atoms with Crippen molar-refractivity contribution < 1.29 is 9.50 Å². The second kappa shape index (κ2) is 3.69. The van der Waals surface area contributed by atoms with E-state index in [1.165, 1.54) is 0 Å². The molecule has 1 nitrogen and oxygen atoms in total. The highest BCUT2D eigenvalue weighted by Crippen LogP contribution is 2.34. The van der Waals surface area contributed by atoms with E-state index in [2.05, 4.69) is 6.58 Å². The molecule has 1 N–H and O–H groups in total. The van der Waals surface area contributed by atoms with Gasteiger partial charge in [-0.25, -0.2) is 4.39 Å². The van der Waals surface area contributed by atoms with Crippen LogP contribution >= 0.6 is 0 Å². The van der Waals surface area contributed by atoms with Crippen LogP contribution in [0.1, 0.15) is 38.8 Å². The molecule has 0 atom stereocenters. The Kier molecular flexibility index (Phi) is 2.89. The lowest BCUT2D eigenvalue weighted by Crippen LogP contribution is -2.12. The number of hydrogen-bond acceptors (Lipinski definition) is 1. The molecule has 1 rings (SSSR count). The predicted molar refractivity (Wildman–Crippen MR) is 61.5 cm³/mol. The van der Waals surface area contributed by atoms with E-state index in [0.717, 1.165) is 11.6 Å². The van der Waals surface area contributed by atoms with Gasteiger partial charge in [-0.05, 0) is 24.0 Å². The molecule has 0 unspecified atom stereocenters. The minimum atomic E-state index is -0.423. The predicted octanol–water partition coefficient (Wildman–Crippen LogP) is 3.86. The van der Waals surface area contributed by atoms with Crippen LogP contribution in [-0.4, -0.2) is 5.11 Å². The number of phenolic OH excluding ortho intramolecular Hbond substituents is 1. The second-order valence-corrected chi connectivity index (χ2v) is 4.88. The van der Waals surface area contributed by atoms with Crippen LogP contribution in [0, 0.1) is 5.82 Å². The first kappa shape index (κ1) is 11.8. The van der Waals surface area contributed by atoms with Crippen molar-refractivity contribution in [3.05, 3.63) is 35.7 Å². The van der Waals surface area contributed by atoms with Crippen molar-refractivity contribution in [3.63, 3.8) is 0 Å². The van der Waals surface area contributed by atoms with Crippen molar-refractivity contribution in [2.75, 3.05) is 0 Å². The van der Waals surface area contributed by atoms with Gasteiger partial charge in [-0.2, -0.15) is 0 Å². The third-order valence-corrected chi connectivity index (χ3v) is 2.35. The largest absolute Gasteiger partial charge is 0.508 e. The standard InChI is InChI=1S/C13H17FO/c1-8(2)9-6-10(13(3,4)5)12(15)7-11(9)14/h6-7,15H,1H2,2-5H3. The minimum absolute atomic E-state index is 0.00463.